The summed E-state index contributed by atoms with van der Waals surface area (Å²) in [6.07, 6.45) is 0. The van der Waals surface area contributed by atoms with Gasteiger partial charge < -0.3 is 13.7 Å². The van der Waals surface area contributed by atoms with Crippen molar-refractivity contribution in [1.82, 2.24) is 13.7 Å². The molecule has 4 heteroatoms. The maximum Gasteiger partial charge on any atom is 0.179 e. The van der Waals surface area contributed by atoms with Crippen LogP contribution in [0.15, 0.2) is 322 Å². The molecule has 0 atom stereocenters. The summed E-state index contributed by atoms with van der Waals surface area (Å²) in [5.41, 5.74) is 17.4. The van der Waals surface area contributed by atoms with E-state index in [1.165, 1.54) is 97.4 Å². The van der Waals surface area contributed by atoms with E-state index in [4.69, 9.17) is 0 Å². The van der Waals surface area contributed by atoms with E-state index in [0.29, 0.717) is 0 Å². The van der Waals surface area contributed by atoms with Crippen molar-refractivity contribution < 1.29 is 0 Å². The van der Waals surface area contributed by atoms with E-state index < -0.39 is 8.07 Å². The lowest BCUT2D eigenvalue weighted by molar-refractivity contribution is 1.13. The molecule has 3 heterocycles. The number of benzene rings is 13. The summed E-state index contributed by atoms with van der Waals surface area (Å²) in [5.74, 6) is 0. The van der Waals surface area contributed by atoms with Crippen LogP contribution in [0, 0.1) is 0 Å². The molecule has 13 aromatic carbocycles. The fourth-order valence-corrected chi connectivity index (χ4v) is 18.4. The summed E-state index contributed by atoms with van der Waals surface area (Å²) < 4.78 is 7.43. The monoisotopic (exact) mass is 1060 g/mol. The Bertz CT molecular complexity index is 4890. The Kier molecular flexibility index (Phi) is 11.2. The zero-order valence-corrected chi connectivity index (χ0v) is 45.9. The highest BCUT2D eigenvalue weighted by Crippen LogP contribution is 2.40. The minimum absolute atomic E-state index is 1.09. The van der Waals surface area contributed by atoms with E-state index in [0.717, 1.165) is 39.2 Å². The van der Waals surface area contributed by atoms with Crippen LogP contribution in [0.2, 0.25) is 0 Å². The van der Waals surface area contributed by atoms with Gasteiger partial charge in [-0.1, -0.05) is 255 Å². The van der Waals surface area contributed by atoms with Gasteiger partial charge in [-0.15, -0.1) is 0 Å². The Morgan fingerprint density at radius 1 is 0.171 bits per heavy atom. The minimum atomic E-state index is -3.16. The molecule has 0 amide bonds. The second-order valence-corrected chi connectivity index (χ2v) is 25.4. The molecule has 0 bridgehead atoms. The lowest BCUT2D eigenvalue weighted by atomic mass is 9.99. The molecule has 0 unspecified atom stereocenters. The summed E-state index contributed by atoms with van der Waals surface area (Å²) in [6, 6.07) is 120. The average Bonchev–Trinajstić information content (AvgIpc) is 3.53. The molecule has 0 N–H and O–H groups in total. The van der Waals surface area contributed by atoms with Crippen LogP contribution in [-0.2, 0) is 0 Å². The molecule has 384 valence electrons. The van der Waals surface area contributed by atoms with Crippen LogP contribution >= 0.6 is 0 Å². The second kappa shape index (κ2) is 19.4. The van der Waals surface area contributed by atoms with Crippen molar-refractivity contribution in [2.24, 2.45) is 0 Å². The lowest BCUT2D eigenvalue weighted by Crippen LogP contribution is -2.74. The first kappa shape index (κ1) is 47.5. The summed E-state index contributed by atoms with van der Waals surface area (Å²) in [4.78, 5) is 0. The fraction of sp³-hybridized carbons (Fsp3) is 0. The highest BCUT2D eigenvalue weighted by atomic mass is 28.3. The van der Waals surface area contributed by atoms with Crippen LogP contribution in [0.1, 0.15) is 0 Å². The van der Waals surface area contributed by atoms with Gasteiger partial charge in [0.2, 0.25) is 0 Å². The Morgan fingerprint density at radius 2 is 0.500 bits per heavy atom. The van der Waals surface area contributed by atoms with E-state index in [1.807, 2.05) is 0 Å². The number of para-hydroxylation sites is 5. The van der Waals surface area contributed by atoms with Gasteiger partial charge in [0, 0.05) is 49.4 Å². The third-order valence-electron chi connectivity index (χ3n) is 17.1. The molecule has 0 aliphatic carbocycles. The molecular weight excluding hydrogens is 1010 g/mol. The summed E-state index contributed by atoms with van der Waals surface area (Å²) >= 11 is 0. The number of hydrogen-bond acceptors (Lipinski definition) is 0. The lowest BCUT2D eigenvalue weighted by Gasteiger charge is -2.35. The predicted molar refractivity (Wildman–Crippen MR) is 349 cm³/mol. The molecule has 0 spiro atoms. The van der Waals surface area contributed by atoms with Crippen LogP contribution in [-0.4, -0.2) is 21.8 Å². The van der Waals surface area contributed by atoms with Crippen molar-refractivity contribution in [2.45, 2.75) is 0 Å². The molecule has 0 aliphatic heterocycles. The number of hydrogen-bond donors (Lipinski definition) is 0. The SMILES string of the molecule is c1ccc(-c2cc(-c3ccccc3)cc([Si](c3ccccc3)(c3ccccc3)c3cccc(-c4cc(-n5c6ccccc6c6ccccc65)cc(-n5c6ccccc6c6ccc(-n7c8ccccc8c8ccccc87)cc65)c4)c3)c2)cc1. The normalized spacial score (nSPS) is 11.9. The molecule has 82 heavy (non-hydrogen) atoms. The van der Waals surface area contributed by atoms with Gasteiger partial charge in [-0.3, -0.25) is 0 Å². The van der Waals surface area contributed by atoms with Crippen molar-refractivity contribution >= 4 is 94.2 Å². The van der Waals surface area contributed by atoms with Crippen molar-refractivity contribution in [3.8, 4) is 50.4 Å². The molecule has 0 saturated heterocycles. The predicted octanol–water partition coefficient (Wildman–Crippen LogP) is 17.4. The summed E-state index contributed by atoms with van der Waals surface area (Å²) in [6.45, 7) is 0. The zero-order valence-electron chi connectivity index (χ0n) is 44.9. The fourth-order valence-electron chi connectivity index (χ4n) is 13.5. The maximum atomic E-state index is 2.53. The maximum absolute atomic E-state index is 3.16. The van der Waals surface area contributed by atoms with Gasteiger partial charge in [0.25, 0.3) is 0 Å². The Balaban J connectivity index is 0.984. The van der Waals surface area contributed by atoms with Crippen LogP contribution < -0.4 is 20.7 Å². The van der Waals surface area contributed by atoms with Gasteiger partial charge in [0.05, 0.1) is 33.1 Å². The third-order valence-corrected chi connectivity index (χ3v) is 21.8. The molecule has 3 aromatic heterocycles. The Morgan fingerprint density at radius 3 is 0.951 bits per heavy atom. The molecule has 3 nitrogen and oxygen atoms in total. The van der Waals surface area contributed by atoms with Gasteiger partial charge >= 0.3 is 0 Å². The minimum Gasteiger partial charge on any atom is -0.309 e. The van der Waals surface area contributed by atoms with Crippen LogP contribution in [0.25, 0.3) is 116 Å². The second-order valence-electron chi connectivity index (χ2n) is 21.6. The molecule has 16 aromatic rings. The number of nitrogens with zero attached hydrogens (tertiary/aromatic N) is 3. The first-order valence-corrected chi connectivity index (χ1v) is 30.3. The first-order valence-electron chi connectivity index (χ1n) is 28.3. The standard InChI is InChI=1S/C78H53N3Si/c1-5-24-54(25-6-1)57-46-58(55-26-7-2-8-27-55)51-66(50-57)82(63-29-9-3-10-30-63,64-31-11-4-12-32-64)65-33-23-28-56(49-65)59-47-61(80-75-41-20-15-36-69(75)70-37-16-21-42-76(70)80)52-62(48-59)81-77-43-22-17-38-71(77)72-45-44-60(53-78(72)81)79-73-39-18-13-34-67(73)68-35-14-19-40-74(68)79/h1-53H. The van der Waals surface area contributed by atoms with Crippen molar-refractivity contribution in [3.05, 3.63) is 322 Å². The van der Waals surface area contributed by atoms with Crippen LogP contribution in [0.5, 0.6) is 0 Å². The van der Waals surface area contributed by atoms with Crippen molar-refractivity contribution in [2.75, 3.05) is 0 Å². The largest absolute Gasteiger partial charge is 0.309 e. The smallest absolute Gasteiger partial charge is 0.179 e. The van der Waals surface area contributed by atoms with Gasteiger partial charge in [-0.25, -0.2) is 0 Å². The quantitative estimate of drug-likeness (QED) is 0.0958. The van der Waals surface area contributed by atoms with Gasteiger partial charge in [0.1, 0.15) is 0 Å². The van der Waals surface area contributed by atoms with Crippen molar-refractivity contribution in [1.29, 1.82) is 0 Å². The van der Waals surface area contributed by atoms with Crippen molar-refractivity contribution in [3.63, 3.8) is 0 Å². The molecule has 0 fully saturated rings. The van der Waals surface area contributed by atoms with Crippen LogP contribution in [0.4, 0.5) is 0 Å². The first-order chi connectivity index (χ1) is 40.7. The Hall–Kier alpha value is -10.5. The van der Waals surface area contributed by atoms with E-state index in [9.17, 15) is 0 Å². The van der Waals surface area contributed by atoms with Gasteiger partial charge in [-0.2, -0.15) is 0 Å². The van der Waals surface area contributed by atoms with E-state index in [1.54, 1.807) is 0 Å². The van der Waals surface area contributed by atoms with E-state index in [-0.39, 0.29) is 0 Å². The molecule has 0 aliphatic rings. The van der Waals surface area contributed by atoms with Gasteiger partial charge in [-0.05, 0) is 121 Å². The summed E-state index contributed by atoms with van der Waals surface area (Å²) in [5, 5.41) is 12.7. The van der Waals surface area contributed by atoms with Gasteiger partial charge in [0.15, 0.2) is 8.07 Å². The zero-order chi connectivity index (χ0) is 54.1. The molecule has 16 rings (SSSR count). The highest BCUT2D eigenvalue weighted by Gasteiger charge is 2.42. The highest BCUT2D eigenvalue weighted by molar-refractivity contribution is 7.20. The molecule has 0 saturated carbocycles. The number of aromatic nitrogens is 3. The summed E-state index contributed by atoms with van der Waals surface area (Å²) in [7, 11) is -3.16. The topological polar surface area (TPSA) is 14.8 Å². The number of rotatable bonds is 10. The number of fused-ring (bicyclic) bond motifs is 9. The van der Waals surface area contributed by atoms with Crippen LogP contribution in [0.3, 0.4) is 0 Å². The third kappa shape index (κ3) is 7.57. The average molecular weight is 1060 g/mol. The van der Waals surface area contributed by atoms with E-state index in [2.05, 4.69) is 335 Å². The molecular formula is C78H53N3Si. The van der Waals surface area contributed by atoms with E-state index >= 15 is 0 Å². The Labute approximate surface area is 477 Å². The molecule has 0 radical (unpaired) electrons.